The molecule has 3 nitrogen and oxygen atoms in total. The lowest BCUT2D eigenvalue weighted by Gasteiger charge is -2.25. The van der Waals surface area contributed by atoms with Crippen molar-refractivity contribution in [3.63, 3.8) is 0 Å². The van der Waals surface area contributed by atoms with E-state index in [4.69, 9.17) is 9.47 Å². The second-order valence-electron chi connectivity index (χ2n) is 3.27. The summed E-state index contributed by atoms with van der Waals surface area (Å²) >= 11 is 0. The minimum Gasteiger partial charge on any atom is -0.433 e. The van der Waals surface area contributed by atoms with Crippen LogP contribution in [0.15, 0.2) is 0 Å². The van der Waals surface area contributed by atoms with E-state index in [2.05, 4.69) is 0 Å². The topological polar surface area (TPSA) is 35.5 Å². The Labute approximate surface area is 66.7 Å². The van der Waals surface area contributed by atoms with Gasteiger partial charge in [0, 0.05) is 13.3 Å². The standard InChI is InChI=1S/C8H14O3/c1-6(2)10-8(3)5-4-7(9)11-8/h6H,4-5H2,1-3H3/t8-/m1/s1. The van der Waals surface area contributed by atoms with Gasteiger partial charge in [-0.3, -0.25) is 4.79 Å². The van der Waals surface area contributed by atoms with Crippen LogP contribution in [0.1, 0.15) is 33.6 Å². The van der Waals surface area contributed by atoms with E-state index in [1.165, 1.54) is 0 Å². The van der Waals surface area contributed by atoms with Crippen molar-refractivity contribution in [2.45, 2.75) is 45.5 Å². The van der Waals surface area contributed by atoms with Crippen LogP contribution in [0, 0.1) is 0 Å². The quantitative estimate of drug-likeness (QED) is 0.571. The largest absolute Gasteiger partial charge is 0.433 e. The lowest BCUT2D eigenvalue weighted by Crippen LogP contribution is -2.30. The highest BCUT2D eigenvalue weighted by Gasteiger charge is 2.37. The number of hydrogen-bond donors (Lipinski definition) is 0. The molecular formula is C8H14O3. The van der Waals surface area contributed by atoms with Gasteiger partial charge in [0.25, 0.3) is 0 Å². The maximum absolute atomic E-state index is 10.7. The van der Waals surface area contributed by atoms with Crippen molar-refractivity contribution >= 4 is 5.97 Å². The smallest absolute Gasteiger partial charge is 0.308 e. The molecule has 3 heteroatoms. The van der Waals surface area contributed by atoms with Crippen molar-refractivity contribution in [3.05, 3.63) is 0 Å². The summed E-state index contributed by atoms with van der Waals surface area (Å²) in [7, 11) is 0. The van der Waals surface area contributed by atoms with Crippen molar-refractivity contribution in [3.8, 4) is 0 Å². The van der Waals surface area contributed by atoms with E-state index in [9.17, 15) is 4.79 Å². The van der Waals surface area contributed by atoms with Gasteiger partial charge in [-0.2, -0.15) is 0 Å². The summed E-state index contributed by atoms with van der Waals surface area (Å²) in [6, 6.07) is 0. The molecule has 1 saturated heterocycles. The second kappa shape index (κ2) is 2.81. The van der Waals surface area contributed by atoms with Crippen LogP contribution in [0.3, 0.4) is 0 Å². The Morgan fingerprint density at radius 1 is 1.64 bits per heavy atom. The first-order valence-electron chi connectivity index (χ1n) is 3.91. The average Bonchev–Trinajstić information content (AvgIpc) is 2.08. The van der Waals surface area contributed by atoms with Gasteiger partial charge in [-0.05, 0) is 13.8 Å². The van der Waals surface area contributed by atoms with Crippen LogP contribution >= 0.6 is 0 Å². The number of esters is 1. The first kappa shape index (κ1) is 8.53. The molecular weight excluding hydrogens is 144 g/mol. The number of cyclic esters (lactones) is 1. The van der Waals surface area contributed by atoms with Gasteiger partial charge in [-0.1, -0.05) is 0 Å². The van der Waals surface area contributed by atoms with E-state index in [0.29, 0.717) is 12.8 Å². The lowest BCUT2D eigenvalue weighted by atomic mass is 10.2. The highest BCUT2D eigenvalue weighted by molar-refractivity contribution is 5.71. The summed E-state index contributed by atoms with van der Waals surface area (Å²) in [5.41, 5.74) is 0. The van der Waals surface area contributed by atoms with Gasteiger partial charge in [-0.25, -0.2) is 0 Å². The molecule has 0 aromatic carbocycles. The molecule has 0 saturated carbocycles. The molecule has 0 spiro atoms. The monoisotopic (exact) mass is 158 g/mol. The molecule has 1 heterocycles. The fourth-order valence-corrected chi connectivity index (χ4v) is 1.25. The minimum atomic E-state index is -0.661. The van der Waals surface area contributed by atoms with E-state index in [-0.39, 0.29) is 12.1 Å². The van der Waals surface area contributed by atoms with Crippen LogP contribution in [0.25, 0.3) is 0 Å². The predicted molar refractivity (Wildman–Crippen MR) is 40.0 cm³/mol. The molecule has 0 radical (unpaired) electrons. The number of rotatable bonds is 2. The molecule has 1 aliphatic heterocycles. The Morgan fingerprint density at radius 3 is 2.64 bits per heavy atom. The zero-order valence-electron chi connectivity index (χ0n) is 7.22. The van der Waals surface area contributed by atoms with Crippen LogP contribution in [-0.2, 0) is 14.3 Å². The number of ether oxygens (including phenoxy) is 2. The normalized spacial score (nSPS) is 31.1. The Balaban J connectivity index is 2.48. The van der Waals surface area contributed by atoms with Crippen molar-refractivity contribution < 1.29 is 14.3 Å². The van der Waals surface area contributed by atoms with E-state index in [0.717, 1.165) is 0 Å². The first-order valence-corrected chi connectivity index (χ1v) is 3.91. The van der Waals surface area contributed by atoms with Gasteiger partial charge >= 0.3 is 5.97 Å². The summed E-state index contributed by atoms with van der Waals surface area (Å²) in [6.45, 7) is 5.66. The zero-order valence-corrected chi connectivity index (χ0v) is 7.22. The summed E-state index contributed by atoms with van der Waals surface area (Å²) in [5.74, 6) is -0.821. The molecule has 0 N–H and O–H groups in total. The molecule has 1 aliphatic rings. The number of carbonyl (C=O) groups is 1. The fourth-order valence-electron chi connectivity index (χ4n) is 1.25. The van der Waals surface area contributed by atoms with Gasteiger partial charge in [-0.15, -0.1) is 0 Å². The lowest BCUT2D eigenvalue weighted by molar-refractivity contribution is -0.216. The zero-order chi connectivity index (χ0) is 8.48. The Kier molecular flexibility index (Phi) is 2.18. The van der Waals surface area contributed by atoms with Crippen LogP contribution in [0.5, 0.6) is 0 Å². The van der Waals surface area contributed by atoms with Gasteiger partial charge in [0.2, 0.25) is 5.79 Å². The summed E-state index contributed by atoms with van der Waals surface area (Å²) in [6.07, 6.45) is 1.25. The van der Waals surface area contributed by atoms with Gasteiger partial charge in [0.05, 0.1) is 12.5 Å². The third kappa shape index (κ3) is 2.19. The van der Waals surface area contributed by atoms with Gasteiger partial charge in [0.15, 0.2) is 0 Å². The van der Waals surface area contributed by atoms with Crippen molar-refractivity contribution in [2.75, 3.05) is 0 Å². The summed E-state index contributed by atoms with van der Waals surface area (Å²) in [5, 5.41) is 0. The van der Waals surface area contributed by atoms with E-state index in [1.54, 1.807) is 6.92 Å². The molecule has 64 valence electrons. The second-order valence-corrected chi connectivity index (χ2v) is 3.27. The molecule has 1 rings (SSSR count). The van der Waals surface area contributed by atoms with Crippen LogP contribution in [0.4, 0.5) is 0 Å². The predicted octanol–water partition coefficient (Wildman–Crippen LogP) is 1.46. The van der Waals surface area contributed by atoms with E-state index >= 15 is 0 Å². The fraction of sp³-hybridized carbons (Fsp3) is 0.875. The average molecular weight is 158 g/mol. The van der Waals surface area contributed by atoms with E-state index < -0.39 is 5.79 Å². The maximum Gasteiger partial charge on any atom is 0.308 e. The van der Waals surface area contributed by atoms with Crippen LogP contribution in [-0.4, -0.2) is 17.9 Å². The first-order chi connectivity index (χ1) is 5.02. The van der Waals surface area contributed by atoms with E-state index in [1.807, 2.05) is 13.8 Å². The van der Waals surface area contributed by atoms with Gasteiger partial charge in [0.1, 0.15) is 0 Å². The van der Waals surface area contributed by atoms with Crippen molar-refractivity contribution in [1.29, 1.82) is 0 Å². The molecule has 11 heavy (non-hydrogen) atoms. The molecule has 0 unspecified atom stereocenters. The highest BCUT2D eigenvalue weighted by Crippen LogP contribution is 2.28. The Morgan fingerprint density at radius 2 is 2.27 bits per heavy atom. The van der Waals surface area contributed by atoms with Crippen LogP contribution < -0.4 is 0 Å². The third-order valence-electron chi connectivity index (χ3n) is 1.60. The van der Waals surface area contributed by atoms with Crippen LogP contribution in [0.2, 0.25) is 0 Å². The molecule has 0 aromatic heterocycles. The molecule has 0 bridgehead atoms. The minimum absolute atomic E-state index is 0.103. The van der Waals surface area contributed by atoms with Crippen molar-refractivity contribution in [2.24, 2.45) is 0 Å². The molecule has 0 amide bonds. The molecule has 1 atom stereocenters. The van der Waals surface area contributed by atoms with Crippen molar-refractivity contribution in [1.82, 2.24) is 0 Å². The third-order valence-corrected chi connectivity index (χ3v) is 1.60. The molecule has 0 aromatic rings. The molecule has 1 fully saturated rings. The number of hydrogen-bond acceptors (Lipinski definition) is 3. The Bertz CT molecular complexity index is 165. The Hall–Kier alpha value is -0.570. The van der Waals surface area contributed by atoms with Gasteiger partial charge < -0.3 is 9.47 Å². The molecule has 0 aliphatic carbocycles. The highest BCUT2D eigenvalue weighted by atomic mass is 16.7. The maximum atomic E-state index is 10.7. The number of carbonyl (C=O) groups excluding carboxylic acids is 1. The summed E-state index contributed by atoms with van der Waals surface area (Å²) in [4.78, 5) is 10.7. The SMILES string of the molecule is CC(C)O[C@@]1(C)CCC(=O)O1. The summed E-state index contributed by atoms with van der Waals surface area (Å²) < 4.78 is 10.4.